The lowest BCUT2D eigenvalue weighted by Crippen LogP contribution is -2.46. The molecule has 0 saturated carbocycles. The van der Waals surface area contributed by atoms with Gasteiger partial charge in [0.25, 0.3) is 5.91 Å². The number of urea groups is 1. The van der Waals surface area contributed by atoms with E-state index < -0.39 is 12.0 Å². The Kier molecular flexibility index (Phi) is 5.64. The molecule has 0 saturated heterocycles. The second-order valence-corrected chi connectivity index (χ2v) is 7.57. The monoisotopic (exact) mass is 429 g/mol. The van der Waals surface area contributed by atoms with E-state index in [2.05, 4.69) is 10.6 Å². The fraction of sp³-hybridized carbons (Fsp3) is 0.160. The number of methoxy groups -OCH3 is 1. The first-order valence-electron chi connectivity index (χ1n) is 10.1. The molecule has 0 fully saturated rings. The van der Waals surface area contributed by atoms with Crippen LogP contribution in [0.4, 0.5) is 10.5 Å². The average molecular weight is 429 g/mol. The number of carbonyl (C=O) groups excluding carboxylic acids is 3. The third-order valence-electron chi connectivity index (χ3n) is 5.67. The molecule has 1 atom stereocenters. The van der Waals surface area contributed by atoms with Gasteiger partial charge in [0.15, 0.2) is 0 Å². The second-order valence-electron chi connectivity index (χ2n) is 7.57. The number of hydrogen-bond donors (Lipinski definition) is 2. The van der Waals surface area contributed by atoms with Crippen molar-refractivity contribution in [2.75, 3.05) is 19.5 Å². The molecule has 0 spiro atoms. The van der Waals surface area contributed by atoms with Crippen molar-refractivity contribution in [1.29, 1.82) is 0 Å². The van der Waals surface area contributed by atoms with Crippen LogP contribution in [0.15, 0.2) is 78.0 Å². The summed E-state index contributed by atoms with van der Waals surface area (Å²) in [4.78, 5) is 38.7. The van der Waals surface area contributed by atoms with Crippen LogP contribution >= 0.6 is 0 Å². The van der Waals surface area contributed by atoms with Crippen LogP contribution in [0, 0.1) is 0 Å². The zero-order valence-electron chi connectivity index (χ0n) is 18.0. The van der Waals surface area contributed by atoms with Gasteiger partial charge in [-0.2, -0.15) is 0 Å². The number of ether oxygens (including phenoxy) is 1. The van der Waals surface area contributed by atoms with Crippen molar-refractivity contribution in [1.82, 2.24) is 10.2 Å². The van der Waals surface area contributed by atoms with Crippen LogP contribution in [0.1, 0.15) is 28.9 Å². The number of allylic oxidation sites excluding steroid dienone is 1. The minimum Gasteiger partial charge on any atom is -0.466 e. The lowest BCUT2D eigenvalue weighted by atomic mass is 9.95. The van der Waals surface area contributed by atoms with Crippen molar-refractivity contribution < 1.29 is 19.1 Å². The molecular formula is C25H23N3O4. The highest BCUT2D eigenvalue weighted by Crippen LogP contribution is 2.31. The molecule has 7 heteroatoms. The van der Waals surface area contributed by atoms with E-state index in [1.54, 1.807) is 44.3 Å². The second kappa shape index (κ2) is 8.55. The van der Waals surface area contributed by atoms with Gasteiger partial charge in [-0.05, 0) is 47.5 Å². The largest absolute Gasteiger partial charge is 0.466 e. The fourth-order valence-electron chi connectivity index (χ4n) is 3.75. The van der Waals surface area contributed by atoms with Crippen LogP contribution in [0.25, 0.3) is 10.8 Å². The zero-order valence-corrected chi connectivity index (χ0v) is 18.0. The number of anilines is 1. The molecule has 3 aromatic carbocycles. The van der Waals surface area contributed by atoms with E-state index in [-0.39, 0.29) is 11.9 Å². The minimum atomic E-state index is -0.642. The number of esters is 1. The van der Waals surface area contributed by atoms with Crippen LogP contribution in [0.2, 0.25) is 0 Å². The highest BCUT2D eigenvalue weighted by Gasteiger charge is 2.34. The molecule has 4 rings (SSSR count). The number of nitrogens with one attached hydrogen (secondary N) is 2. The fourth-order valence-corrected chi connectivity index (χ4v) is 3.75. The summed E-state index contributed by atoms with van der Waals surface area (Å²) in [6.45, 7) is 1.70. The Balaban J connectivity index is 1.56. The summed E-state index contributed by atoms with van der Waals surface area (Å²) in [5.41, 5.74) is 2.75. The maximum atomic E-state index is 12.7. The number of benzene rings is 3. The smallest absolute Gasteiger partial charge is 0.337 e. The topological polar surface area (TPSA) is 87.7 Å². The maximum absolute atomic E-state index is 12.7. The molecule has 1 heterocycles. The van der Waals surface area contributed by atoms with E-state index in [1.807, 2.05) is 36.4 Å². The summed E-state index contributed by atoms with van der Waals surface area (Å²) in [6, 6.07) is 19.5. The van der Waals surface area contributed by atoms with Gasteiger partial charge in [0.2, 0.25) is 0 Å². The van der Waals surface area contributed by atoms with Gasteiger partial charge in [-0.25, -0.2) is 9.59 Å². The van der Waals surface area contributed by atoms with E-state index >= 15 is 0 Å². The Labute approximate surface area is 185 Å². The first-order valence-corrected chi connectivity index (χ1v) is 10.1. The van der Waals surface area contributed by atoms with Crippen LogP contribution in [-0.4, -0.2) is 37.0 Å². The Hall–Kier alpha value is -4.13. The van der Waals surface area contributed by atoms with E-state index in [1.165, 1.54) is 12.0 Å². The molecule has 3 amide bonds. The van der Waals surface area contributed by atoms with Crippen molar-refractivity contribution in [3.8, 4) is 0 Å². The first-order chi connectivity index (χ1) is 15.4. The van der Waals surface area contributed by atoms with Crippen molar-refractivity contribution in [2.24, 2.45) is 0 Å². The average Bonchev–Trinajstić information content (AvgIpc) is 2.82. The van der Waals surface area contributed by atoms with Crippen LogP contribution in [0.5, 0.6) is 0 Å². The predicted octanol–water partition coefficient (Wildman–Crippen LogP) is 4.24. The van der Waals surface area contributed by atoms with E-state index in [0.717, 1.165) is 10.8 Å². The SMILES string of the molecule is COC(=O)C1=C(C)N(C)C(=O)NC1c1ccc(NC(=O)c2ccc3ccccc3c2)cc1. The Morgan fingerprint density at radius 2 is 1.69 bits per heavy atom. The van der Waals surface area contributed by atoms with Gasteiger partial charge >= 0.3 is 12.0 Å². The lowest BCUT2D eigenvalue weighted by Gasteiger charge is -2.33. The highest BCUT2D eigenvalue weighted by atomic mass is 16.5. The Bertz CT molecular complexity index is 1250. The molecule has 2 N–H and O–H groups in total. The summed E-state index contributed by atoms with van der Waals surface area (Å²) >= 11 is 0. The van der Waals surface area contributed by atoms with Gasteiger partial charge in [-0.3, -0.25) is 4.79 Å². The third kappa shape index (κ3) is 3.92. The summed E-state index contributed by atoms with van der Waals surface area (Å²) < 4.78 is 4.92. The zero-order chi connectivity index (χ0) is 22.8. The molecule has 1 aliphatic rings. The Morgan fingerprint density at radius 3 is 2.38 bits per heavy atom. The molecule has 1 unspecified atom stereocenters. The van der Waals surface area contributed by atoms with Crippen LogP contribution in [-0.2, 0) is 9.53 Å². The lowest BCUT2D eigenvalue weighted by molar-refractivity contribution is -0.136. The molecule has 32 heavy (non-hydrogen) atoms. The van der Waals surface area contributed by atoms with Gasteiger partial charge in [0.1, 0.15) is 0 Å². The molecule has 0 radical (unpaired) electrons. The van der Waals surface area contributed by atoms with Gasteiger partial charge in [0.05, 0.1) is 18.7 Å². The number of nitrogens with zero attached hydrogens (tertiary/aromatic N) is 1. The van der Waals surface area contributed by atoms with E-state index in [4.69, 9.17) is 4.74 Å². The van der Waals surface area contributed by atoms with Crippen LogP contribution in [0.3, 0.4) is 0 Å². The highest BCUT2D eigenvalue weighted by molar-refractivity contribution is 6.06. The normalized spacial score (nSPS) is 16.0. The molecular weight excluding hydrogens is 406 g/mol. The molecule has 1 aliphatic heterocycles. The first kappa shape index (κ1) is 21.1. The molecule has 7 nitrogen and oxygen atoms in total. The molecule has 0 bridgehead atoms. The van der Waals surface area contributed by atoms with Crippen molar-refractivity contribution >= 4 is 34.4 Å². The molecule has 0 aromatic heterocycles. The molecule has 3 aromatic rings. The standard InChI is InChI=1S/C25H23N3O4/c1-15-21(24(30)32-3)22(27-25(31)28(15)2)17-10-12-20(13-11-17)26-23(29)19-9-8-16-6-4-5-7-18(16)14-19/h4-14,22H,1-3H3,(H,26,29)(H,27,31). The summed E-state index contributed by atoms with van der Waals surface area (Å²) in [6.07, 6.45) is 0. The van der Waals surface area contributed by atoms with Crippen molar-refractivity contribution in [3.05, 3.63) is 89.1 Å². The van der Waals surface area contributed by atoms with Gasteiger partial charge in [-0.15, -0.1) is 0 Å². The van der Waals surface area contributed by atoms with Gasteiger partial charge in [0, 0.05) is 24.0 Å². The number of amides is 3. The summed E-state index contributed by atoms with van der Waals surface area (Å²) in [7, 11) is 2.90. The van der Waals surface area contributed by atoms with Crippen molar-refractivity contribution in [2.45, 2.75) is 13.0 Å². The molecule has 0 aliphatic carbocycles. The van der Waals surface area contributed by atoms with Crippen molar-refractivity contribution in [3.63, 3.8) is 0 Å². The summed E-state index contributed by atoms with van der Waals surface area (Å²) in [5, 5.41) is 7.77. The van der Waals surface area contributed by atoms with Crippen LogP contribution < -0.4 is 10.6 Å². The maximum Gasteiger partial charge on any atom is 0.337 e. The Morgan fingerprint density at radius 1 is 1.00 bits per heavy atom. The third-order valence-corrected chi connectivity index (χ3v) is 5.67. The van der Waals surface area contributed by atoms with E-state index in [0.29, 0.717) is 28.1 Å². The number of rotatable bonds is 4. The van der Waals surface area contributed by atoms with Gasteiger partial charge < -0.3 is 20.3 Å². The number of carbonyl (C=O) groups is 3. The minimum absolute atomic E-state index is 0.220. The van der Waals surface area contributed by atoms with E-state index in [9.17, 15) is 14.4 Å². The number of hydrogen-bond acceptors (Lipinski definition) is 4. The number of fused-ring (bicyclic) bond motifs is 1. The predicted molar refractivity (Wildman–Crippen MR) is 122 cm³/mol. The van der Waals surface area contributed by atoms with Gasteiger partial charge in [-0.1, -0.05) is 42.5 Å². The molecule has 162 valence electrons. The summed E-state index contributed by atoms with van der Waals surface area (Å²) in [5.74, 6) is -0.727. The quantitative estimate of drug-likeness (QED) is 0.608.